The smallest absolute Gasteiger partial charge is 0.138 e. The highest BCUT2D eigenvalue weighted by Crippen LogP contribution is 2.27. The van der Waals surface area contributed by atoms with E-state index in [1.54, 1.807) is 0 Å². The molecule has 0 saturated heterocycles. The molecule has 1 N–H and O–H groups in total. The number of H-pyrrole nitrogens is 1. The molecule has 0 fully saturated rings. The van der Waals surface area contributed by atoms with Crippen LogP contribution in [0, 0.1) is 0 Å². The van der Waals surface area contributed by atoms with Gasteiger partial charge in [0.05, 0.1) is 16.7 Å². The van der Waals surface area contributed by atoms with E-state index in [1.807, 2.05) is 42.2 Å². The normalized spacial score (nSPS) is 11.0. The minimum absolute atomic E-state index is 0.878. The lowest BCUT2D eigenvalue weighted by atomic mass is 10.1. The van der Waals surface area contributed by atoms with E-state index in [9.17, 15) is 0 Å². The summed E-state index contributed by atoms with van der Waals surface area (Å²) in [5.41, 5.74) is 5.17. The van der Waals surface area contributed by atoms with Crippen LogP contribution in [0.2, 0.25) is 0 Å². The molecule has 0 bridgehead atoms. The molecule has 0 spiro atoms. The monoisotopic (exact) mass is 331 g/mol. The molecule has 3 nitrogen and oxygen atoms in total. The summed E-state index contributed by atoms with van der Waals surface area (Å²) < 4.78 is 0. The van der Waals surface area contributed by atoms with Crippen LogP contribution in [0.15, 0.2) is 71.8 Å². The number of aromatic amines is 1. The number of imidazole rings is 1. The quantitative estimate of drug-likeness (QED) is 0.509. The van der Waals surface area contributed by atoms with Gasteiger partial charge in [-0.2, -0.15) is 0 Å². The molecule has 0 radical (unpaired) electrons. The maximum atomic E-state index is 4.73. The molecule has 4 rings (SSSR count). The molecule has 0 atom stereocenters. The molecule has 2 aromatic carbocycles. The standard InChI is InChI=1S/C20H17N3S/c1-2-24-16-8-9-17-19(13-16)23-20(22-17)15-10-11-21-18(12-15)14-6-4-3-5-7-14/h3-13H,2H2,1H3,(H,22,23). The van der Waals surface area contributed by atoms with Gasteiger partial charge in [-0.1, -0.05) is 37.3 Å². The van der Waals surface area contributed by atoms with Gasteiger partial charge in [0.1, 0.15) is 5.82 Å². The van der Waals surface area contributed by atoms with Crippen molar-refractivity contribution in [2.24, 2.45) is 0 Å². The molecular weight excluding hydrogens is 314 g/mol. The van der Waals surface area contributed by atoms with Crippen LogP contribution in [0.25, 0.3) is 33.7 Å². The molecule has 0 aliphatic rings. The van der Waals surface area contributed by atoms with Gasteiger partial charge >= 0.3 is 0 Å². The molecule has 4 aromatic rings. The van der Waals surface area contributed by atoms with Crippen molar-refractivity contribution in [1.82, 2.24) is 15.0 Å². The number of benzene rings is 2. The van der Waals surface area contributed by atoms with Crippen LogP contribution in [0.5, 0.6) is 0 Å². The molecule has 0 unspecified atom stereocenters. The first-order chi connectivity index (χ1) is 11.8. The van der Waals surface area contributed by atoms with Crippen LogP contribution in [-0.2, 0) is 0 Å². The topological polar surface area (TPSA) is 41.6 Å². The lowest BCUT2D eigenvalue weighted by molar-refractivity contribution is 1.28. The van der Waals surface area contributed by atoms with Crippen LogP contribution in [0.3, 0.4) is 0 Å². The number of rotatable bonds is 4. The Kier molecular flexibility index (Phi) is 4.05. The minimum atomic E-state index is 0.878. The first-order valence-electron chi connectivity index (χ1n) is 7.98. The van der Waals surface area contributed by atoms with E-state index in [1.165, 1.54) is 4.90 Å². The van der Waals surface area contributed by atoms with Gasteiger partial charge in [0.15, 0.2) is 0 Å². The number of pyridine rings is 1. The van der Waals surface area contributed by atoms with Gasteiger partial charge in [-0.25, -0.2) is 4.98 Å². The van der Waals surface area contributed by atoms with Gasteiger partial charge < -0.3 is 4.98 Å². The van der Waals surface area contributed by atoms with Gasteiger partial charge in [-0.05, 0) is 36.1 Å². The summed E-state index contributed by atoms with van der Waals surface area (Å²) in [6, 6.07) is 20.6. The second-order valence-electron chi connectivity index (χ2n) is 5.49. The van der Waals surface area contributed by atoms with Crippen molar-refractivity contribution in [3.63, 3.8) is 0 Å². The predicted octanol–water partition coefficient (Wildman–Crippen LogP) is 5.40. The number of hydrogen-bond donors (Lipinski definition) is 1. The number of fused-ring (bicyclic) bond motifs is 1. The summed E-state index contributed by atoms with van der Waals surface area (Å²) >= 11 is 1.84. The molecule has 0 aliphatic carbocycles. The van der Waals surface area contributed by atoms with Crippen LogP contribution < -0.4 is 0 Å². The second kappa shape index (κ2) is 6.49. The molecule has 2 aromatic heterocycles. The van der Waals surface area contributed by atoms with Crippen molar-refractivity contribution in [3.8, 4) is 22.6 Å². The Labute approximate surface area is 145 Å². The summed E-state index contributed by atoms with van der Waals surface area (Å²) in [5, 5.41) is 0. The zero-order chi connectivity index (χ0) is 16.4. The third-order valence-electron chi connectivity index (χ3n) is 3.87. The third kappa shape index (κ3) is 2.93. The number of nitrogens with zero attached hydrogens (tertiary/aromatic N) is 2. The Balaban J connectivity index is 1.74. The first kappa shape index (κ1) is 15.0. The highest BCUT2D eigenvalue weighted by atomic mass is 32.2. The Morgan fingerprint density at radius 2 is 1.83 bits per heavy atom. The van der Waals surface area contributed by atoms with E-state index in [0.29, 0.717) is 0 Å². The van der Waals surface area contributed by atoms with Crippen LogP contribution >= 0.6 is 11.8 Å². The van der Waals surface area contributed by atoms with Crippen molar-refractivity contribution < 1.29 is 0 Å². The summed E-state index contributed by atoms with van der Waals surface area (Å²) in [6.45, 7) is 2.16. The van der Waals surface area contributed by atoms with Gasteiger partial charge in [0.2, 0.25) is 0 Å². The van der Waals surface area contributed by atoms with Crippen molar-refractivity contribution >= 4 is 22.8 Å². The number of nitrogens with one attached hydrogen (secondary N) is 1. The van der Waals surface area contributed by atoms with Gasteiger partial charge in [0.25, 0.3) is 0 Å². The molecule has 0 amide bonds. The van der Waals surface area contributed by atoms with Gasteiger partial charge in [-0.15, -0.1) is 11.8 Å². The van der Waals surface area contributed by atoms with Crippen molar-refractivity contribution in [2.45, 2.75) is 11.8 Å². The zero-order valence-electron chi connectivity index (χ0n) is 13.4. The Morgan fingerprint density at radius 1 is 0.958 bits per heavy atom. The van der Waals surface area contributed by atoms with E-state index in [0.717, 1.165) is 39.4 Å². The fourth-order valence-electron chi connectivity index (χ4n) is 2.73. The van der Waals surface area contributed by atoms with Crippen LogP contribution in [-0.4, -0.2) is 20.7 Å². The molecule has 0 saturated carbocycles. The fraction of sp³-hybridized carbons (Fsp3) is 0.100. The minimum Gasteiger partial charge on any atom is -0.338 e. The highest BCUT2D eigenvalue weighted by molar-refractivity contribution is 7.99. The maximum absolute atomic E-state index is 4.73. The molecule has 4 heteroatoms. The molecule has 0 aliphatic heterocycles. The van der Waals surface area contributed by atoms with Crippen LogP contribution in [0.1, 0.15) is 6.92 Å². The maximum Gasteiger partial charge on any atom is 0.138 e. The number of thioether (sulfide) groups is 1. The lowest BCUT2D eigenvalue weighted by Gasteiger charge is -2.02. The largest absolute Gasteiger partial charge is 0.338 e. The fourth-order valence-corrected chi connectivity index (χ4v) is 3.43. The zero-order valence-corrected chi connectivity index (χ0v) is 14.2. The average Bonchev–Trinajstić information content (AvgIpc) is 3.06. The van der Waals surface area contributed by atoms with Crippen molar-refractivity contribution in [1.29, 1.82) is 0 Å². The average molecular weight is 331 g/mol. The summed E-state index contributed by atoms with van der Waals surface area (Å²) in [4.78, 5) is 13.9. The van der Waals surface area contributed by atoms with Gasteiger partial charge in [0, 0.05) is 22.2 Å². The van der Waals surface area contributed by atoms with Crippen molar-refractivity contribution in [2.75, 3.05) is 5.75 Å². The highest BCUT2D eigenvalue weighted by Gasteiger charge is 2.08. The first-order valence-corrected chi connectivity index (χ1v) is 8.96. The Bertz CT molecular complexity index is 977. The van der Waals surface area contributed by atoms with Crippen molar-refractivity contribution in [3.05, 3.63) is 66.9 Å². The Morgan fingerprint density at radius 3 is 2.67 bits per heavy atom. The Hall–Kier alpha value is -2.59. The van der Waals surface area contributed by atoms with Gasteiger partial charge in [-0.3, -0.25) is 4.98 Å². The number of aromatic nitrogens is 3. The summed E-state index contributed by atoms with van der Waals surface area (Å²) in [6.07, 6.45) is 1.84. The van der Waals surface area contributed by atoms with Crippen LogP contribution in [0.4, 0.5) is 0 Å². The van der Waals surface area contributed by atoms with E-state index < -0.39 is 0 Å². The molecule has 2 heterocycles. The molecular formula is C20H17N3S. The lowest BCUT2D eigenvalue weighted by Crippen LogP contribution is -1.86. The summed E-state index contributed by atoms with van der Waals surface area (Å²) in [7, 11) is 0. The molecule has 118 valence electrons. The van der Waals surface area contributed by atoms with E-state index in [2.05, 4.69) is 53.3 Å². The predicted molar refractivity (Wildman–Crippen MR) is 101 cm³/mol. The third-order valence-corrected chi connectivity index (χ3v) is 4.74. The molecule has 24 heavy (non-hydrogen) atoms. The number of hydrogen-bond acceptors (Lipinski definition) is 3. The second-order valence-corrected chi connectivity index (χ2v) is 6.83. The van der Waals surface area contributed by atoms with E-state index in [4.69, 9.17) is 4.98 Å². The van der Waals surface area contributed by atoms with E-state index >= 15 is 0 Å². The SMILES string of the molecule is CCSc1ccc2nc(-c3ccnc(-c4ccccc4)c3)[nH]c2c1. The summed E-state index contributed by atoms with van der Waals surface area (Å²) in [5.74, 6) is 1.94. The van der Waals surface area contributed by atoms with E-state index in [-0.39, 0.29) is 0 Å².